The van der Waals surface area contributed by atoms with Crippen molar-refractivity contribution in [1.82, 2.24) is 5.32 Å². The molecular weight excluding hydrogens is 206 g/mol. The molecule has 1 N–H and O–H groups in total. The van der Waals surface area contributed by atoms with Crippen molar-refractivity contribution in [2.75, 3.05) is 7.05 Å². The molecule has 0 radical (unpaired) electrons. The van der Waals surface area contributed by atoms with Gasteiger partial charge in [0.1, 0.15) is 0 Å². The summed E-state index contributed by atoms with van der Waals surface area (Å²) in [5.41, 5.74) is 4.57. The van der Waals surface area contributed by atoms with Gasteiger partial charge in [0.25, 0.3) is 0 Å². The lowest BCUT2D eigenvalue weighted by Crippen LogP contribution is -2.26. The van der Waals surface area contributed by atoms with E-state index in [-0.39, 0.29) is 5.41 Å². The van der Waals surface area contributed by atoms with Gasteiger partial charge in [-0.2, -0.15) is 0 Å². The van der Waals surface area contributed by atoms with E-state index >= 15 is 0 Å². The van der Waals surface area contributed by atoms with Crippen LogP contribution in [-0.4, -0.2) is 13.1 Å². The molecule has 0 saturated carbocycles. The van der Waals surface area contributed by atoms with Crippen molar-refractivity contribution in [2.24, 2.45) is 0 Å². The molecule has 0 spiro atoms. The Labute approximate surface area is 107 Å². The quantitative estimate of drug-likeness (QED) is 0.833. The van der Waals surface area contributed by atoms with Crippen LogP contribution in [0.5, 0.6) is 0 Å². The summed E-state index contributed by atoms with van der Waals surface area (Å²) in [4.78, 5) is 0. The van der Waals surface area contributed by atoms with Crippen LogP contribution in [0.1, 0.15) is 50.8 Å². The normalized spacial score (nSPS) is 13.8. The predicted octanol–water partition coefficient (Wildman–Crippen LogP) is 3.83. The van der Waals surface area contributed by atoms with E-state index in [0.717, 1.165) is 6.42 Å². The van der Waals surface area contributed by atoms with Crippen molar-refractivity contribution in [3.05, 3.63) is 34.9 Å². The first-order valence-electron chi connectivity index (χ1n) is 6.65. The Morgan fingerprint density at radius 2 is 1.88 bits per heavy atom. The lowest BCUT2D eigenvalue weighted by Gasteiger charge is -2.22. The van der Waals surface area contributed by atoms with E-state index in [2.05, 4.69) is 58.1 Å². The first-order chi connectivity index (χ1) is 7.88. The SMILES string of the molecule is CCC(Cc1ccc(C(C)(C)C)cc1C)NC. The zero-order chi connectivity index (χ0) is 13.1. The Morgan fingerprint density at radius 1 is 1.24 bits per heavy atom. The molecule has 0 aliphatic rings. The zero-order valence-electron chi connectivity index (χ0n) is 12.2. The third kappa shape index (κ3) is 3.85. The predicted molar refractivity (Wildman–Crippen MR) is 76.7 cm³/mol. The monoisotopic (exact) mass is 233 g/mol. The average molecular weight is 233 g/mol. The van der Waals surface area contributed by atoms with Crippen LogP contribution in [0.4, 0.5) is 0 Å². The molecule has 1 aromatic carbocycles. The standard InChI is InChI=1S/C16H27N/c1-7-15(17-6)11-13-8-9-14(10-12(13)2)16(3,4)5/h8-10,15,17H,7,11H2,1-6H3. The van der Waals surface area contributed by atoms with Gasteiger partial charge in [-0.3, -0.25) is 0 Å². The number of rotatable bonds is 4. The van der Waals surface area contributed by atoms with Crippen LogP contribution in [0.3, 0.4) is 0 Å². The Bertz CT molecular complexity index is 356. The Kier molecular flexibility index (Phi) is 4.76. The maximum Gasteiger partial charge on any atom is 0.0102 e. The highest BCUT2D eigenvalue weighted by atomic mass is 14.9. The van der Waals surface area contributed by atoms with Crippen molar-refractivity contribution in [1.29, 1.82) is 0 Å². The van der Waals surface area contributed by atoms with Gasteiger partial charge in [-0.25, -0.2) is 0 Å². The Hall–Kier alpha value is -0.820. The Morgan fingerprint density at radius 3 is 2.29 bits per heavy atom. The number of hydrogen-bond donors (Lipinski definition) is 1. The fourth-order valence-corrected chi connectivity index (χ4v) is 2.11. The average Bonchev–Trinajstić information content (AvgIpc) is 2.26. The van der Waals surface area contributed by atoms with E-state index in [1.807, 2.05) is 7.05 Å². The fraction of sp³-hybridized carbons (Fsp3) is 0.625. The van der Waals surface area contributed by atoms with Gasteiger partial charge < -0.3 is 5.32 Å². The summed E-state index contributed by atoms with van der Waals surface area (Å²) in [6.07, 6.45) is 2.31. The summed E-state index contributed by atoms with van der Waals surface area (Å²) in [5.74, 6) is 0. The second-order valence-electron chi connectivity index (χ2n) is 5.99. The summed E-state index contributed by atoms with van der Waals surface area (Å²) >= 11 is 0. The first-order valence-corrected chi connectivity index (χ1v) is 6.65. The number of hydrogen-bond acceptors (Lipinski definition) is 1. The number of likely N-dealkylation sites (N-methyl/N-ethyl adjacent to an activating group) is 1. The van der Waals surface area contributed by atoms with Crippen LogP contribution in [-0.2, 0) is 11.8 Å². The van der Waals surface area contributed by atoms with Crippen LogP contribution < -0.4 is 5.32 Å². The number of aryl methyl sites for hydroxylation is 1. The largest absolute Gasteiger partial charge is 0.317 e. The van der Waals surface area contributed by atoms with Crippen molar-refractivity contribution < 1.29 is 0 Å². The molecule has 1 unspecified atom stereocenters. The van der Waals surface area contributed by atoms with Crippen LogP contribution in [0.2, 0.25) is 0 Å². The molecule has 96 valence electrons. The summed E-state index contributed by atoms with van der Waals surface area (Å²) in [7, 11) is 2.05. The second kappa shape index (κ2) is 5.68. The van der Waals surface area contributed by atoms with Crippen molar-refractivity contribution >= 4 is 0 Å². The van der Waals surface area contributed by atoms with Gasteiger partial charge in [0.05, 0.1) is 0 Å². The summed E-state index contributed by atoms with van der Waals surface area (Å²) in [6.45, 7) is 11.3. The lowest BCUT2D eigenvalue weighted by molar-refractivity contribution is 0.541. The van der Waals surface area contributed by atoms with Crippen LogP contribution in [0.25, 0.3) is 0 Å². The van der Waals surface area contributed by atoms with Gasteiger partial charge in [0, 0.05) is 6.04 Å². The number of nitrogens with one attached hydrogen (secondary N) is 1. The molecule has 1 heteroatoms. The molecule has 1 rings (SSSR count). The Balaban J connectivity index is 2.90. The third-order valence-corrected chi connectivity index (χ3v) is 3.58. The van der Waals surface area contributed by atoms with Crippen LogP contribution >= 0.6 is 0 Å². The molecule has 0 aromatic heterocycles. The zero-order valence-corrected chi connectivity index (χ0v) is 12.2. The van der Waals surface area contributed by atoms with Gasteiger partial charge in [0.15, 0.2) is 0 Å². The van der Waals surface area contributed by atoms with Crippen LogP contribution in [0.15, 0.2) is 18.2 Å². The molecule has 0 fully saturated rings. The minimum absolute atomic E-state index is 0.246. The van der Waals surface area contributed by atoms with Crippen molar-refractivity contribution in [3.63, 3.8) is 0 Å². The molecular formula is C16H27N. The highest BCUT2D eigenvalue weighted by Gasteiger charge is 2.15. The maximum atomic E-state index is 3.37. The number of benzene rings is 1. The third-order valence-electron chi connectivity index (χ3n) is 3.58. The van der Waals surface area contributed by atoms with Gasteiger partial charge >= 0.3 is 0 Å². The molecule has 0 bridgehead atoms. The molecule has 17 heavy (non-hydrogen) atoms. The van der Waals surface area contributed by atoms with E-state index in [1.54, 1.807) is 0 Å². The molecule has 1 aromatic rings. The first kappa shape index (κ1) is 14.2. The van der Waals surface area contributed by atoms with E-state index in [4.69, 9.17) is 0 Å². The lowest BCUT2D eigenvalue weighted by atomic mass is 9.84. The minimum atomic E-state index is 0.246. The fourth-order valence-electron chi connectivity index (χ4n) is 2.11. The summed E-state index contributed by atoms with van der Waals surface area (Å²) in [6, 6.07) is 7.52. The molecule has 1 nitrogen and oxygen atoms in total. The molecule has 1 atom stereocenters. The van der Waals surface area contributed by atoms with E-state index in [9.17, 15) is 0 Å². The van der Waals surface area contributed by atoms with Gasteiger partial charge in [-0.05, 0) is 48.9 Å². The van der Waals surface area contributed by atoms with E-state index in [0.29, 0.717) is 6.04 Å². The van der Waals surface area contributed by atoms with Gasteiger partial charge in [-0.15, -0.1) is 0 Å². The topological polar surface area (TPSA) is 12.0 Å². The summed E-state index contributed by atoms with van der Waals surface area (Å²) in [5, 5.41) is 3.37. The smallest absolute Gasteiger partial charge is 0.0102 e. The van der Waals surface area contributed by atoms with E-state index in [1.165, 1.54) is 23.1 Å². The maximum absolute atomic E-state index is 3.37. The molecule has 0 amide bonds. The van der Waals surface area contributed by atoms with Crippen molar-refractivity contribution in [3.8, 4) is 0 Å². The molecule has 0 aliphatic heterocycles. The molecule has 0 aliphatic carbocycles. The highest BCUT2D eigenvalue weighted by molar-refractivity contribution is 5.34. The molecule has 0 saturated heterocycles. The minimum Gasteiger partial charge on any atom is -0.317 e. The van der Waals surface area contributed by atoms with E-state index < -0.39 is 0 Å². The highest BCUT2D eigenvalue weighted by Crippen LogP contribution is 2.24. The van der Waals surface area contributed by atoms with Crippen LogP contribution in [0, 0.1) is 6.92 Å². The second-order valence-corrected chi connectivity index (χ2v) is 5.99. The van der Waals surface area contributed by atoms with Crippen molar-refractivity contribution in [2.45, 2.75) is 58.9 Å². The van der Waals surface area contributed by atoms with Gasteiger partial charge in [-0.1, -0.05) is 45.9 Å². The summed E-state index contributed by atoms with van der Waals surface area (Å²) < 4.78 is 0. The molecule has 0 heterocycles. The van der Waals surface area contributed by atoms with Gasteiger partial charge in [0.2, 0.25) is 0 Å².